The number of sulfonamides is 1. The number of thiazole rings is 1. The van der Waals surface area contributed by atoms with Crippen molar-refractivity contribution in [2.24, 2.45) is 0 Å². The predicted molar refractivity (Wildman–Crippen MR) is 66.3 cm³/mol. The van der Waals surface area contributed by atoms with E-state index in [1.807, 2.05) is 6.92 Å². The number of rotatable bonds is 3. The highest BCUT2D eigenvalue weighted by Crippen LogP contribution is 2.21. The van der Waals surface area contributed by atoms with Gasteiger partial charge in [0.25, 0.3) is 10.0 Å². The van der Waals surface area contributed by atoms with Crippen LogP contribution >= 0.6 is 11.3 Å². The average molecular weight is 270 g/mol. The van der Waals surface area contributed by atoms with E-state index in [2.05, 4.69) is 14.7 Å². The lowest BCUT2D eigenvalue weighted by atomic mass is 10.5. The number of aryl methyl sites for hydroxylation is 1. The molecule has 0 radical (unpaired) electrons. The summed E-state index contributed by atoms with van der Waals surface area (Å²) in [5.41, 5.74) is 5.44. The third kappa shape index (κ3) is 2.71. The number of nitrogen functional groups attached to an aromatic ring is 1. The molecular weight excluding hydrogens is 260 g/mol. The molecule has 2 rings (SSSR count). The molecule has 0 spiro atoms. The Balaban J connectivity index is 2.31. The second kappa shape index (κ2) is 4.30. The van der Waals surface area contributed by atoms with E-state index in [0.717, 1.165) is 4.88 Å². The molecule has 2 aromatic heterocycles. The second-order valence-corrected chi connectivity index (χ2v) is 6.22. The van der Waals surface area contributed by atoms with Crippen LogP contribution in [-0.4, -0.2) is 18.4 Å². The first kappa shape index (κ1) is 11.8. The molecule has 0 saturated carbocycles. The lowest BCUT2D eigenvalue weighted by Crippen LogP contribution is -2.13. The predicted octanol–water partition coefficient (Wildman–Crippen LogP) is 1.23. The fraction of sp³-hybridized carbons (Fsp3) is 0.111. The molecule has 0 aliphatic heterocycles. The third-order valence-electron chi connectivity index (χ3n) is 1.91. The molecule has 2 aromatic rings. The molecule has 17 heavy (non-hydrogen) atoms. The summed E-state index contributed by atoms with van der Waals surface area (Å²) in [4.78, 5) is 8.66. The summed E-state index contributed by atoms with van der Waals surface area (Å²) in [6, 6.07) is 2.67. The van der Waals surface area contributed by atoms with Crippen LogP contribution in [0.25, 0.3) is 0 Å². The van der Waals surface area contributed by atoms with E-state index in [-0.39, 0.29) is 10.7 Å². The summed E-state index contributed by atoms with van der Waals surface area (Å²) >= 11 is 1.27. The molecule has 0 unspecified atom stereocenters. The molecule has 3 N–H and O–H groups in total. The smallest absolute Gasteiger partial charge is 0.263 e. The first-order chi connectivity index (χ1) is 7.97. The SMILES string of the molecule is Cc1cnc(NS(=O)(=O)c2ccnc(N)c2)s1. The Kier molecular flexibility index (Phi) is 2.99. The second-order valence-electron chi connectivity index (χ2n) is 3.30. The van der Waals surface area contributed by atoms with Crippen molar-refractivity contribution < 1.29 is 8.42 Å². The van der Waals surface area contributed by atoms with Crippen molar-refractivity contribution >= 4 is 32.3 Å². The van der Waals surface area contributed by atoms with Gasteiger partial charge in [0.05, 0.1) is 4.90 Å². The molecule has 0 aliphatic carbocycles. The van der Waals surface area contributed by atoms with Crippen LogP contribution < -0.4 is 10.5 Å². The van der Waals surface area contributed by atoms with Crippen molar-refractivity contribution in [3.8, 4) is 0 Å². The molecule has 0 aliphatic rings. The number of nitrogens with one attached hydrogen (secondary N) is 1. The first-order valence-corrected chi connectivity index (χ1v) is 6.94. The number of nitrogens with zero attached hydrogens (tertiary/aromatic N) is 2. The summed E-state index contributed by atoms with van der Waals surface area (Å²) in [6.45, 7) is 1.85. The van der Waals surface area contributed by atoms with Crippen LogP contribution in [0, 0.1) is 6.92 Å². The van der Waals surface area contributed by atoms with Gasteiger partial charge >= 0.3 is 0 Å². The Bertz CT molecular complexity index is 636. The summed E-state index contributed by atoms with van der Waals surface area (Å²) in [5, 5.41) is 0.331. The fourth-order valence-corrected chi connectivity index (χ4v) is 3.10. The standard InChI is InChI=1S/C9H10N4O2S2/c1-6-5-12-9(16-6)13-17(14,15)7-2-3-11-8(10)4-7/h2-5H,1H3,(H2,10,11)(H,12,13). The van der Waals surface area contributed by atoms with Gasteiger partial charge in [-0.05, 0) is 13.0 Å². The Morgan fingerprint density at radius 3 is 2.76 bits per heavy atom. The van der Waals surface area contributed by atoms with Crippen LogP contribution in [0.4, 0.5) is 10.9 Å². The van der Waals surface area contributed by atoms with Crippen LogP contribution in [0.3, 0.4) is 0 Å². The largest absolute Gasteiger partial charge is 0.384 e. The van der Waals surface area contributed by atoms with Crippen LogP contribution in [0.2, 0.25) is 0 Å². The normalized spacial score (nSPS) is 11.4. The van der Waals surface area contributed by atoms with Crippen LogP contribution in [-0.2, 0) is 10.0 Å². The number of hydrogen-bond acceptors (Lipinski definition) is 6. The van der Waals surface area contributed by atoms with E-state index < -0.39 is 10.0 Å². The van der Waals surface area contributed by atoms with Crippen molar-refractivity contribution in [3.63, 3.8) is 0 Å². The van der Waals surface area contributed by atoms with Gasteiger partial charge < -0.3 is 5.73 Å². The van der Waals surface area contributed by atoms with Gasteiger partial charge in [-0.2, -0.15) is 0 Å². The van der Waals surface area contributed by atoms with Crippen molar-refractivity contribution in [3.05, 3.63) is 29.4 Å². The number of hydrogen-bond donors (Lipinski definition) is 2. The van der Waals surface area contributed by atoms with Gasteiger partial charge in [-0.15, -0.1) is 11.3 Å². The number of anilines is 2. The van der Waals surface area contributed by atoms with Crippen LogP contribution in [0.15, 0.2) is 29.4 Å². The molecule has 90 valence electrons. The Morgan fingerprint density at radius 2 is 2.18 bits per heavy atom. The van der Waals surface area contributed by atoms with E-state index in [0.29, 0.717) is 5.13 Å². The minimum Gasteiger partial charge on any atom is -0.384 e. The van der Waals surface area contributed by atoms with E-state index in [9.17, 15) is 8.42 Å². The third-order valence-corrected chi connectivity index (χ3v) is 4.20. The van der Waals surface area contributed by atoms with E-state index >= 15 is 0 Å². The minimum atomic E-state index is -3.64. The molecule has 8 heteroatoms. The zero-order valence-corrected chi connectivity index (χ0v) is 10.5. The van der Waals surface area contributed by atoms with Crippen LogP contribution in [0.5, 0.6) is 0 Å². The molecule has 2 heterocycles. The molecule has 6 nitrogen and oxygen atoms in total. The lowest BCUT2D eigenvalue weighted by Gasteiger charge is -2.04. The summed E-state index contributed by atoms with van der Waals surface area (Å²) < 4.78 is 26.2. The lowest BCUT2D eigenvalue weighted by molar-refractivity contribution is 0.601. The van der Waals surface area contributed by atoms with Gasteiger partial charge in [-0.3, -0.25) is 4.72 Å². The summed E-state index contributed by atoms with van der Waals surface area (Å²) in [7, 11) is -3.64. The molecule has 0 amide bonds. The monoisotopic (exact) mass is 270 g/mol. The topological polar surface area (TPSA) is 98.0 Å². The first-order valence-electron chi connectivity index (χ1n) is 4.64. The van der Waals surface area contributed by atoms with Crippen molar-refractivity contribution in [1.29, 1.82) is 0 Å². The average Bonchev–Trinajstić information content (AvgIpc) is 2.63. The van der Waals surface area contributed by atoms with Gasteiger partial charge in [0.1, 0.15) is 5.82 Å². The maximum atomic E-state index is 11.9. The highest BCUT2D eigenvalue weighted by molar-refractivity contribution is 7.93. The van der Waals surface area contributed by atoms with Crippen molar-refractivity contribution in [2.75, 3.05) is 10.5 Å². The highest BCUT2D eigenvalue weighted by Gasteiger charge is 2.16. The van der Waals surface area contributed by atoms with E-state index in [1.54, 1.807) is 6.20 Å². The molecule has 0 aromatic carbocycles. The number of pyridine rings is 1. The Labute approximate surface area is 103 Å². The van der Waals surface area contributed by atoms with Crippen molar-refractivity contribution in [1.82, 2.24) is 9.97 Å². The Morgan fingerprint density at radius 1 is 1.41 bits per heavy atom. The Hall–Kier alpha value is -1.67. The van der Waals surface area contributed by atoms with Gasteiger partial charge in [0.15, 0.2) is 5.13 Å². The summed E-state index contributed by atoms with van der Waals surface area (Å²) in [5.74, 6) is 0.156. The van der Waals surface area contributed by atoms with Crippen molar-refractivity contribution in [2.45, 2.75) is 11.8 Å². The van der Waals surface area contributed by atoms with E-state index in [1.165, 1.54) is 29.7 Å². The number of aromatic nitrogens is 2. The van der Waals surface area contributed by atoms with E-state index in [4.69, 9.17) is 5.73 Å². The fourth-order valence-electron chi connectivity index (χ4n) is 1.17. The van der Waals surface area contributed by atoms with Gasteiger partial charge in [0.2, 0.25) is 0 Å². The molecule has 0 fully saturated rings. The maximum Gasteiger partial charge on any atom is 0.263 e. The zero-order chi connectivity index (χ0) is 12.5. The van der Waals surface area contributed by atoms with Gasteiger partial charge in [-0.1, -0.05) is 0 Å². The zero-order valence-electron chi connectivity index (χ0n) is 8.91. The van der Waals surface area contributed by atoms with Gasteiger partial charge in [0, 0.05) is 23.3 Å². The maximum absolute atomic E-state index is 11.9. The summed E-state index contributed by atoms with van der Waals surface area (Å²) in [6.07, 6.45) is 2.94. The quantitative estimate of drug-likeness (QED) is 0.874. The molecular formula is C9H10N4O2S2. The van der Waals surface area contributed by atoms with Gasteiger partial charge in [-0.25, -0.2) is 18.4 Å². The molecule has 0 saturated heterocycles. The molecule has 0 atom stereocenters. The molecule has 0 bridgehead atoms. The minimum absolute atomic E-state index is 0.0675. The number of nitrogens with two attached hydrogens (primary N) is 1. The van der Waals surface area contributed by atoms with Crippen LogP contribution in [0.1, 0.15) is 4.88 Å². The highest BCUT2D eigenvalue weighted by atomic mass is 32.2.